The summed E-state index contributed by atoms with van der Waals surface area (Å²) in [4.78, 5) is 23.6. The van der Waals surface area contributed by atoms with Crippen LogP contribution in [0.2, 0.25) is 0 Å². The van der Waals surface area contributed by atoms with E-state index in [1.54, 1.807) is 30.5 Å². The number of amides is 2. The molecular weight excluding hydrogens is 320 g/mol. The zero-order chi connectivity index (χ0) is 17.5. The summed E-state index contributed by atoms with van der Waals surface area (Å²) in [5.74, 6) is 0.368. The molecule has 2 amide bonds. The van der Waals surface area contributed by atoms with Gasteiger partial charge < -0.3 is 19.5 Å². The predicted octanol–water partition coefficient (Wildman–Crippen LogP) is 2.51. The molecule has 2 N–H and O–H groups in total. The molecule has 0 aliphatic carbocycles. The van der Waals surface area contributed by atoms with Crippen LogP contribution in [-0.2, 0) is 22.6 Å². The van der Waals surface area contributed by atoms with Crippen molar-refractivity contribution in [3.63, 3.8) is 0 Å². The number of benzene rings is 1. The van der Waals surface area contributed by atoms with E-state index in [9.17, 15) is 9.59 Å². The summed E-state index contributed by atoms with van der Waals surface area (Å²) in [5, 5.41) is 5.13. The van der Waals surface area contributed by atoms with Gasteiger partial charge in [0.25, 0.3) is 0 Å². The van der Waals surface area contributed by atoms with Crippen LogP contribution in [-0.4, -0.2) is 18.4 Å². The van der Waals surface area contributed by atoms with Gasteiger partial charge >= 0.3 is 11.8 Å². The number of furan rings is 2. The van der Waals surface area contributed by atoms with Gasteiger partial charge in [0.15, 0.2) is 11.5 Å². The van der Waals surface area contributed by atoms with Crippen molar-refractivity contribution in [3.05, 3.63) is 72.2 Å². The van der Waals surface area contributed by atoms with Gasteiger partial charge in [0.1, 0.15) is 5.76 Å². The number of nitrogens with one attached hydrogen (secondary N) is 2. The van der Waals surface area contributed by atoms with Gasteiger partial charge in [-0.1, -0.05) is 30.3 Å². The molecule has 3 aromatic rings. The molecular formula is C19H18N2O4. The predicted molar refractivity (Wildman–Crippen MR) is 91.4 cm³/mol. The topological polar surface area (TPSA) is 84.5 Å². The molecule has 1 aromatic carbocycles. The fourth-order valence-corrected chi connectivity index (χ4v) is 2.32. The summed E-state index contributed by atoms with van der Waals surface area (Å²) in [6, 6.07) is 16.8. The third kappa shape index (κ3) is 4.60. The summed E-state index contributed by atoms with van der Waals surface area (Å²) in [5.41, 5.74) is 1.10. The summed E-state index contributed by atoms with van der Waals surface area (Å²) < 4.78 is 10.8. The molecule has 0 atom stereocenters. The van der Waals surface area contributed by atoms with Crippen molar-refractivity contribution < 1.29 is 18.4 Å². The van der Waals surface area contributed by atoms with E-state index in [0.29, 0.717) is 30.2 Å². The van der Waals surface area contributed by atoms with Crippen LogP contribution in [0.4, 0.5) is 0 Å². The first-order chi connectivity index (χ1) is 12.2. The summed E-state index contributed by atoms with van der Waals surface area (Å²) in [6.45, 7) is 0.533. The zero-order valence-electron chi connectivity index (χ0n) is 13.5. The summed E-state index contributed by atoms with van der Waals surface area (Å²) >= 11 is 0. The first kappa shape index (κ1) is 16.6. The Morgan fingerprint density at radius 1 is 0.840 bits per heavy atom. The Labute approximate surface area is 144 Å². The second-order valence-corrected chi connectivity index (χ2v) is 5.42. The van der Waals surface area contributed by atoms with E-state index in [1.807, 2.05) is 30.3 Å². The minimum absolute atomic E-state index is 0.131. The number of carbonyl (C=O) groups is 2. The van der Waals surface area contributed by atoms with Gasteiger partial charge in [-0.05, 0) is 36.2 Å². The molecule has 2 aromatic heterocycles. The molecule has 0 saturated carbocycles. The highest BCUT2D eigenvalue weighted by Crippen LogP contribution is 2.22. The van der Waals surface area contributed by atoms with Gasteiger partial charge in [-0.15, -0.1) is 0 Å². The Kier molecular flexibility index (Phi) is 5.31. The number of hydrogen-bond acceptors (Lipinski definition) is 4. The molecule has 3 rings (SSSR count). The Balaban J connectivity index is 1.42. The monoisotopic (exact) mass is 338 g/mol. The standard InChI is InChI=1S/C19H18N2O4/c22-18(20-11-10-14-5-2-1-3-6-14)19(23)21-13-15-8-9-17(25-15)16-7-4-12-24-16/h1-9,12H,10-11,13H2,(H,20,22)(H,21,23). The van der Waals surface area contributed by atoms with E-state index in [4.69, 9.17) is 8.83 Å². The van der Waals surface area contributed by atoms with E-state index in [2.05, 4.69) is 10.6 Å². The molecule has 0 saturated heterocycles. The lowest BCUT2D eigenvalue weighted by Crippen LogP contribution is -2.40. The summed E-state index contributed by atoms with van der Waals surface area (Å²) in [7, 11) is 0. The van der Waals surface area contributed by atoms with Crippen molar-refractivity contribution in [3.8, 4) is 11.5 Å². The number of hydrogen-bond donors (Lipinski definition) is 2. The van der Waals surface area contributed by atoms with Crippen molar-refractivity contribution in [2.75, 3.05) is 6.54 Å². The van der Waals surface area contributed by atoms with E-state index in [0.717, 1.165) is 5.56 Å². The Morgan fingerprint density at radius 2 is 1.64 bits per heavy atom. The van der Waals surface area contributed by atoms with Gasteiger partial charge in [0, 0.05) is 6.54 Å². The highest BCUT2D eigenvalue weighted by atomic mass is 16.4. The van der Waals surface area contributed by atoms with Crippen molar-refractivity contribution in [1.82, 2.24) is 10.6 Å². The highest BCUT2D eigenvalue weighted by Gasteiger charge is 2.14. The van der Waals surface area contributed by atoms with Crippen molar-refractivity contribution in [2.45, 2.75) is 13.0 Å². The van der Waals surface area contributed by atoms with Crippen LogP contribution in [0.1, 0.15) is 11.3 Å². The van der Waals surface area contributed by atoms with Gasteiger partial charge in [0.2, 0.25) is 0 Å². The molecule has 0 unspecified atom stereocenters. The van der Waals surface area contributed by atoms with Crippen LogP contribution >= 0.6 is 0 Å². The molecule has 0 spiro atoms. The van der Waals surface area contributed by atoms with Crippen molar-refractivity contribution >= 4 is 11.8 Å². The van der Waals surface area contributed by atoms with E-state index < -0.39 is 11.8 Å². The third-order valence-corrected chi connectivity index (χ3v) is 3.60. The molecule has 0 radical (unpaired) electrons. The Morgan fingerprint density at radius 3 is 2.40 bits per heavy atom. The molecule has 2 heterocycles. The molecule has 0 fully saturated rings. The maximum atomic E-state index is 11.8. The lowest BCUT2D eigenvalue weighted by molar-refractivity contribution is -0.139. The highest BCUT2D eigenvalue weighted by molar-refractivity contribution is 6.35. The molecule has 25 heavy (non-hydrogen) atoms. The van der Waals surface area contributed by atoms with E-state index in [1.165, 1.54) is 0 Å². The lowest BCUT2D eigenvalue weighted by atomic mass is 10.1. The Hall–Kier alpha value is -3.28. The molecule has 6 heteroatoms. The largest absolute Gasteiger partial charge is 0.461 e. The molecule has 0 aliphatic heterocycles. The van der Waals surface area contributed by atoms with Crippen molar-refractivity contribution in [1.29, 1.82) is 0 Å². The van der Waals surface area contributed by atoms with Gasteiger partial charge in [-0.3, -0.25) is 9.59 Å². The van der Waals surface area contributed by atoms with Gasteiger partial charge in [-0.2, -0.15) is 0 Å². The molecule has 0 bridgehead atoms. The van der Waals surface area contributed by atoms with Crippen LogP contribution in [0.3, 0.4) is 0 Å². The third-order valence-electron chi connectivity index (χ3n) is 3.60. The van der Waals surface area contributed by atoms with Crippen LogP contribution in [0, 0.1) is 0 Å². The smallest absolute Gasteiger partial charge is 0.309 e. The van der Waals surface area contributed by atoms with Crippen LogP contribution in [0.5, 0.6) is 0 Å². The fraction of sp³-hybridized carbons (Fsp3) is 0.158. The van der Waals surface area contributed by atoms with E-state index in [-0.39, 0.29) is 6.54 Å². The second-order valence-electron chi connectivity index (χ2n) is 5.42. The summed E-state index contributed by atoms with van der Waals surface area (Å²) in [6.07, 6.45) is 2.23. The SMILES string of the molecule is O=C(NCCc1ccccc1)C(=O)NCc1ccc(-c2ccco2)o1. The maximum Gasteiger partial charge on any atom is 0.309 e. The van der Waals surface area contributed by atoms with Crippen LogP contribution < -0.4 is 10.6 Å². The average molecular weight is 338 g/mol. The molecule has 0 aliphatic rings. The van der Waals surface area contributed by atoms with Crippen molar-refractivity contribution in [2.24, 2.45) is 0 Å². The fourth-order valence-electron chi connectivity index (χ4n) is 2.32. The first-order valence-corrected chi connectivity index (χ1v) is 7.95. The average Bonchev–Trinajstić information content (AvgIpc) is 3.32. The van der Waals surface area contributed by atoms with Crippen LogP contribution in [0.25, 0.3) is 11.5 Å². The normalized spacial score (nSPS) is 10.4. The number of carbonyl (C=O) groups excluding carboxylic acids is 2. The van der Waals surface area contributed by atoms with Gasteiger partial charge in [0.05, 0.1) is 12.8 Å². The van der Waals surface area contributed by atoms with E-state index >= 15 is 0 Å². The maximum absolute atomic E-state index is 11.8. The van der Waals surface area contributed by atoms with Crippen LogP contribution in [0.15, 0.2) is 69.7 Å². The first-order valence-electron chi connectivity index (χ1n) is 7.95. The lowest BCUT2D eigenvalue weighted by Gasteiger charge is -2.05. The minimum atomic E-state index is -0.691. The second kappa shape index (κ2) is 8.01. The Bertz CT molecular complexity index is 822. The quantitative estimate of drug-likeness (QED) is 0.676. The van der Waals surface area contributed by atoms with Gasteiger partial charge in [-0.25, -0.2) is 0 Å². The molecule has 6 nitrogen and oxygen atoms in total. The zero-order valence-corrected chi connectivity index (χ0v) is 13.5. The number of rotatable bonds is 6. The molecule has 128 valence electrons. The minimum Gasteiger partial charge on any atom is -0.461 e.